The summed E-state index contributed by atoms with van der Waals surface area (Å²) in [5.41, 5.74) is 0. The van der Waals surface area contributed by atoms with Crippen LogP contribution in [0.4, 0.5) is 0 Å². The van der Waals surface area contributed by atoms with E-state index in [1.807, 2.05) is 0 Å². The summed E-state index contributed by atoms with van der Waals surface area (Å²) in [6, 6.07) is 10.7. The van der Waals surface area contributed by atoms with Gasteiger partial charge in [0, 0.05) is 75.3 Å². The van der Waals surface area contributed by atoms with Crippen LogP contribution in [0.2, 0.25) is 0 Å². The minimum atomic E-state index is -0.961. The molecule has 10 N–H and O–H groups in total. The number of hydrogen-bond donors (Lipinski definition) is 2. The first-order valence-electron chi connectivity index (χ1n) is 17.1. The number of carbonyl (C=O) groups excluding carboxylic acids is 4. The van der Waals surface area contributed by atoms with Crippen molar-refractivity contribution in [1.29, 1.82) is 0 Å². The molecule has 0 aliphatic rings. The third-order valence-electron chi connectivity index (χ3n) is 4.05. The summed E-state index contributed by atoms with van der Waals surface area (Å²) < 4.78 is 0. The first kappa shape index (κ1) is 110. The maximum Gasteiger partial charge on any atom is 2.00 e. The van der Waals surface area contributed by atoms with Crippen molar-refractivity contribution in [3.63, 3.8) is 0 Å². The van der Waals surface area contributed by atoms with Crippen LogP contribution in [-0.4, -0.2) is 89.9 Å². The molecule has 6 rings (SSSR count). The van der Waals surface area contributed by atoms with Gasteiger partial charge in [0.25, 0.3) is 0 Å². The van der Waals surface area contributed by atoms with Crippen LogP contribution in [0.25, 0.3) is 0 Å². The van der Waals surface area contributed by atoms with Crippen LogP contribution in [0.3, 0.4) is 0 Å². The molecular formula is C36H62Cu6N12O14+2. The van der Waals surface area contributed by atoms with Crippen LogP contribution < -0.4 is 51.0 Å². The summed E-state index contributed by atoms with van der Waals surface area (Å²) in [5.74, 6) is -3.84. The molecule has 0 saturated heterocycles. The largest absolute Gasteiger partial charge is 2.00 e. The molecule has 32 heteroatoms. The Labute approximate surface area is 460 Å². The number of nitrogens with zero attached hydrogens (tertiary/aromatic N) is 12. The van der Waals surface area contributed by atoms with E-state index in [-0.39, 0.29) is 150 Å². The summed E-state index contributed by atoms with van der Waals surface area (Å²) in [6.07, 6.45) is 23.1. The van der Waals surface area contributed by atoms with E-state index < -0.39 is 23.9 Å². The van der Waals surface area contributed by atoms with Gasteiger partial charge in [-0.15, -0.1) is 0 Å². The molecule has 26 nitrogen and oxygen atoms in total. The van der Waals surface area contributed by atoms with E-state index in [2.05, 4.69) is 61.2 Å². The Bertz CT molecular complexity index is 1090. The van der Waals surface area contributed by atoms with Crippen LogP contribution in [0.5, 0.6) is 0 Å². The molecule has 0 aromatic carbocycles. The molecule has 6 radical (unpaired) electrons. The Hall–Kier alpha value is -3.98. The fourth-order valence-electron chi connectivity index (χ4n) is 1.97. The van der Waals surface area contributed by atoms with E-state index in [1.54, 1.807) is 138 Å². The van der Waals surface area contributed by atoms with Crippen molar-refractivity contribution in [1.82, 2.24) is 61.2 Å². The SMILES string of the molecule is CCCC(=O)[O-].CCCC(=O)[O-].CCCC(=O)[O-].CCCC(=O)[O-].CO.CO.[Cu+2].[Cu+2].[Cu+2].[Cu+2].[Cu+2].[Cu+2].[OH-].[OH-].[OH3+].[OH3+].c1cn[n-]c1.c1cn[n-]c1.c1cn[n-]c1.c1cn[n-]c1.c1cn[n-]c1.c1cn[n-]c1. The van der Waals surface area contributed by atoms with E-state index in [0.717, 1.165) is 14.2 Å². The topological polar surface area (TPSA) is 489 Å². The number of aliphatic hydroxyl groups excluding tert-OH is 2. The minimum Gasteiger partial charge on any atom is -0.870 e. The molecule has 0 spiro atoms. The first-order chi connectivity index (χ1) is 28.1. The molecule has 6 aromatic rings. The molecular weight excluding hydrogens is 1210 g/mol. The van der Waals surface area contributed by atoms with E-state index in [1.165, 1.54) is 0 Å². The Kier molecular flexibility index (Phi) is 186. The van der Waals surface area contributed by atoms with Gasteiger partial charge in [0.05, 0.1) is 0 Å². The van der Waals surface area contributed by atoms with Crippen molar-refractivity contribution in [3.05, 3.63) is 111 Å². The smallest absolute Gasteiger partial charge is 0.870 e. The van der Waals surface area contributed by atoms with Gasteiger partial charge < -0.3 is 133 Å². The van der Waals surface area contributed by atoms with Gasteiger partial charge in [-0.05, 0) is 25.7 Å². The van der Waals surface area contributed by atoms with E-state index >= 15 is 0 Å². The Morgan fingerprint density at radius 2 is 0.471 bits per heavy atom. The zero-order valence-electron chi connectivity index (χ0n) is 37.4. The van der Waals surface area contributed by atoms with Crippen LogP contribution in [0.15, 0.2) is 111 Å². The summed E-state index contributed by atoms with van der Waals surface area (Å²) in [5, 5.41) is 93.6. The second-order valence-electron chi connectivity index (χ2n) is 8.82. The number of carboxylic acid groups (broad SMARTS) is 4. The van der Waals surface area contributed by atoms with Crippen molar-refractivity contribution in [3.8, 4) is 0 Å². The normalized spacial score (nSPS) is 6.59. The summed E-state index contributed by atoms with van der Waals surface area (Å²) >= 11 is 0. The number of rotatable bonds is 8. The number of carbonyl (C=O) groups is 4. The predicted molar refractivity (Wildman–Crippen MR) is 215 cm³/mol. The van der Waals surface area contributed by atoms with E-state index in [9.17, 15) is 39.6 Å². The van der Waals surface area contributed by atoms with Gasteiger partial charge in [0.15, 0.2) is 0 Å². The quantitative estimate of drug-likeness (QED) is 0.107. The van der Waals surface area contributed by atoms with Gasteiger partial charge >= 0.3 is 102 Å². The Balaban J connectivity index is -0.0000000308. The molecule has 0 aliphatic heterocycles. The molecule has 68 heavy (non-hydrogen) atoms. The molecule has 0 unspecified atom stereocenters. The predicted octanol–water partition coefficient (Wildman–Crippen LogP) is -4.62. The summed E-state index contributed by atoms with van der Waals surface area (Å²) in [4.78, 5) is 38.0. The molecule has 414 valence electrons. The molecule has 0 amide bonds. The van der Waals surface area contributed by atoms with Crippen LogP contribution in [-0.2, 0) is 133 Å². The maximum absolute atomic E-state index is 9.49. The van der Waals surface area contributed by atoms with Gasteiger partial charge in [-0.2, -0.15) is 37.2 Å². The zero-order chi connectivity index (χ0) is 45.2. The first-order valence-corrected chi connectivity index (χ1v) is 17.1. The zero-order valence-corrected chi connectivity index (χ0v) is 43.1. The van der Waals surface area contributed by atoms with Crippen molar-refractivity contribution < 1.29 is 174 Å². The standard InChI is InChI=1S/4C4H8O2.6C3H3N2.2CH4O.6Cu.4H2O/c4*1-2-3-4(5)6;6*1-2-4-5-3-1;2*1-2;;;;;;;;;;/h4*2-3H2,1H3,(H,5,6);6*1-3H;2*2H,1H3;;;;;;;4*1H2/q;;;;6*-1;;;6*+2;;;;/p-4. The molecule has 6 heterocycles. The Morgan fingerprint density at radius 1 is 0.353 bits per heavy atom. The molecule has 0 saturated carbocycles. The van der Waals surface area contributed by atoms with Gasteiger partial charge in [0.2, 0.25) is 0 Å². The van der Waals surface area contributed by atoms with Crippen LogP contribution in [0, 0.1) is 0 Å². The van der Waals surface area contributed by atoms with E-state index in [4.69, 9.17) is 10.2 Å². The summed E-state index contributed by atoms with van der Waals surface area (Å²) in [7, 11) is 2.00. The fraction of sp³-hybridized carbons (Fsp3) is 0.389. The van der Waals surface area contributed by atoms with Gasteiger partial charge in [-0.1, -0.05) is 89.8 Å². The second-order valence-corrected chi connectivity index (χ2v) is 8.82. The van der Waals surface area contributed by atoms with Gasteiger partial charge in [-0.25, -0.2) is 0 Å². The van der Waals surface area contributed by atoms with E-state index in [0.29, 0.717) is 25.7 Å². The Morgan fingerprint density at radius 3 is 0.485 bits per heavy atom. The average molecular weight is 1270 g/mol. The molecule has 6 aromatic heterocycles. The molecule has 0 atom stereocenters. The van der Waals surface area contributed by atoms with Crippen molar-refractivity contribution in [2.45, 2.75) is 79.1 Å². The molecule has 0 fully saturated rings. The number of aliphatic hydroxyl groups is 2. The third-order valence-corrected chi connectivity index (χ3v) is 4.05. The van der Waals surface area contributed by atoms with Crippen molar-refractivity contribution in [2.24, 2.45) is 0 Å². The molecule has 0 aliphatic carbocycles. The fourth-order valence-corrected chi connectivity index (χ4v) is 1.97. The molecule has 0 bridgehead atoms. The van der Waals surface area contributed by atoms with Gasteiger partial charge in [0.1, 0.15) is 0 Å². The van der Waals surface area contributed by atoms with Gasteiger partial charge in [-0.3, -0.25) is 0 Å². The van der Waals surface area contributed by atoms with Crippen molar-refractivity contribution in [2.75, 3.05) is 14.2 Å². The average Bonchev–Trinajstić information content (AvgIpc) is 4.08. The van der Waals surface area contributed by atoms with Crippen LogP contribution >= 0.6 is 0 Å². The summed E-state index contributed by atoms with van der Waals surface area (Å²) in [6.45, 7) is 7.21. The van der Waals surface area contributed by atoms with Crippen LogP contribution in [0.1, 0.15) is 79.1 Å². The number of hydrogen-bond acceptors (Lipinski definition) is 18. The maximum atomic E-state index is 9.49. The number of aromatic nitrogens is 12. The third kappa shape index (κ3) is 160. The minimum absolute atomic E-state index is 0. The second kappa shape index (κ2) is 114. The monoisotopic (exact) mass is 1260 g/mol. The number of aliphatic carboxylic acids is 4. The van der Waals surface area contributed by atoms with Crippen molar-refractivity contribution >= 4 is 23.9 Å². The number of carboxylic acids is 4.